The smallest absolute Gasteiger partial charge is 0.291 e. The lowest BCUT2D eigenvalue weighted by Gasteiger charge is -2.26. The number of benzene rings is 3. The molecule has 1 amide bonds. The Morgan fingerprint density at radius 3 is 2.50 bits per heavy atom. The van der Waals surface area contributed by atoms with Crippen LogP contribution in [0.25, 0.3) is 11.0 Å². The number of unbranched alkanes of at least 4 members (excludes halogenated alkanes) is 2. The fourth-order valence-corrected chi connectivity index (χ4v) is 5.10. The Morgan fingerprint density at radius 2 is 1.71 bits per heavy atom. The highest BCUT2D eigenvalue weighted by molar-refractivity contribution is 6.31. The van der Waals surface area contributed by atoms with Gasteiger partial charge in [-0.25, -0.2) is 0 Å². The summed E-state index contributed by atoms with van der Waals surface area (Å²) in [4.78, 5) is 29.2. The van der Waals surface area contributed by atoms with Gasteiger partial charge >= 0.3 is 0 Å². The maximum Gasteiger partial charge on any atom is 0.291 e. The number of hydrogen-bond acceptors (Lipinski definition) is 5. The van der Waals surface area contributed by atoms with E-state index in [-0.39, 0.29) is 23.6 Å². The van der Waals surface area contributed by atoms with E-state index in [1.54, 1.807) is 35.2 Å². The minimum Gasteiger partial charge on any atom is -0.490 e. The van der Waals surface area contributed by atoms with Gasteiger partial charge in [0.25, 0.3) is 5.91 Å². The summed E-state index contributed by atoms with van der Waals surface area (Å²) in [6.45, 7) is 5.31. The van der Waals surface area contributed by atoms with E-state index < -0.39 is 6.04 Å². The zero-order chi connectivity index (χ0) is 26.6. The van der Waals surface area contributed by atoms with Crippen molar-refractivity contribution in [3.8, 4) is 11.5 Å². The normalized spacial score (nSPS) is 14.7. The number of carbonyl (C=O) groups is 1. The average Bonchev–Trinajstić information content (AvgIpc) is 3.20. The van der Waals surface area contributed by atoms with Gasteiger partial charge in [0.05, 0.1) is 30.2 Å². The highest BCUT2D eigenvalue weighted by atomic mass is 35.5. The van der Waals surface area contributed by atoms with Crippen LogP contribution in [0, 0.1) is 0 Å². The molecule has 0 spiro atoms. The molecule has 1 aliphatic rings. The molecule has 38 heavy (non-hydrogen) atoms. The molecule has 1 unspecified atom stereocenters. The van der Waals surface area contributed by atoms with E-state index in [1.165, 1.54) is 0 Å². The van der Waals surface area contributed by atoms with Crippen LogP contribution in [-0.4, -0.2) is 24.0 Å². The van der Waals surface area contributed by atoms with Crippen LogP contribution < -0.4 is 14.9 Å². The van der Waals surface area contributed by atoms with E-state index in [1.807, 2.05) is 43.3 Å². The molecular weight excluding hydrogens is 502 g/mol. The number of fused-ring (bicyclic) bond motifs is 2. The Kier molecular flexibility index (Phi) is 7.70. The van der Waals surface area contributed by atoms with E-state index in [2.05, 4.69) is 6.92 Å². The Balaban J connectivity index is 1.63. The minimum atomic E-state index is -0.678. The van der Waals surface area contributed by atoms with Gasteiger partial charge in [-0.15, -0.1) is 0 Å². The van der Waals surface area contributed by atoms with Crippen molar-refractivity contribution in [2.24, 2.45) is 0 Å². The van der Waals surface area contributed by atoms with E-state index in [0.29, 0.717) is 46.3 Å². The molecule has 7 heteroatoms. The molecular formula is C31H30ClNO5. The maximum absolute atomic E-state index is 13.8. The van der Waals surface area contributed by atoms with Crippen molar-refractivity contribution >= 4 is 28.5 Å². The molecule has 2 heterocycles. The lowest BCUT2D eigenvalue weighted by atomic mass is 9.97. The predicted octanol–water partition coefficient (Wildman–Crippen LogP) is 7.16. The summed E-state index contributed by atoms with van der Waals surface area (Å²) in [5.41, 5.74) is 1.99. The van der Waals surface area contributed by atoms with E-state index >= 15 is 0 Å². The zero-order valence-electron chi connectivity index (χ0n) is 21.5. The Hall–Kier alpha value is -3.77. The van der Waals surface area contributed by atoms with Crippen molar-refractivity contribution in [3.05, 3.63) is 104 Å². The average molecular weight is 532 g/mol. The molecule has 0 saturated heterocycles. The summed E-state index contributed by atoms with van der Waals surface area (Å²) in [7, 11) is 0. The SMILES string of the molecule is CCCCCOc1ccc(C2c3c(oc4ccccc4c3=O)C(=O)N2Cc2ccccc2Cl)cc1OCC. The highest BCUT2D eigenvalue weighted by Gasteiger charge is 2.43. The van der Waals surface area contributed by atoms with Gasteiger partial charge in [0, 0.05) is 11.6 Å². The standard InChI is InChI=1S/C31H30ClNO5/c1-3-5-10-17-37-25-16-15-20(18-26(25)36-4-2)28-27-29(34)22-12-7-9-14-24(22)38-30(27)31(35)33(28)19-21-11-6-8-13-23(21)32/h6-9,11-16,18,28H,3-5,10,17,19H2,1-2H3. The topological polar surface area (TPSA) is 69.0 Å². The second-order valence-corrected chi connectivity index (χ2v) is 9.70. The fourth-order valence-electron chi connectivity index (χ4n) is 4.90. The van der Waals surface area contributed by atoms with Gasteiger partial charge in [-0.2, -0.15) is 0 Å². The molecule has 0 radical (unpaired) electrons. The summed E-state index contributed by atoms with van der Waals surface area (Å²) in [6, 6.07) is 19.3. The monoisotopic (exact) mass is 531 g/mol. The molecule has 0 bridgehead atoms. The van der Waals surface area contributed by atoms with Crippen molar-refractivity contribution in [2.45, 2.75) is 45.7 Å². The lowest BCUT2D eigenvalue weighted by molar-refractivity contribution is 0.0714. The Labute approximate surface area is 226 Å². The van der Waals surface area contributed by atoms with E-state index in [0.717, 1.165) is 30.4 Å². The number of hydrogen-bond donors (Lipinski definition) is 0. The van der Waals surface area contributed by atoms with Crippen LogP contribution in [0.15, 0.2) is 75.9 Å². The first kappa shape index (κ1) is 25.9. The van der Waals surface area contributed by atoms with Gasteiger partial charge in [-0.3, -0.25) is 9.59 Å². The lowest BCUT2D eigenvalue weighted by Crippen LogP contribution is -2.29. The third-order valence-electron chi connectivity index (χ3n) is 6.76. The number of amides is 1. The molecule has 196 valence electrons. The second kappa shape index (κ2) is 11.3. The molecule has 4 aromatic rings. The minimum absolute atomic E-state index is 0.0589. The number of para-hydroxylation sites is 1. The van der Waals surface area contributed by atoms with Crippen LogP contribution in [0.1, 0.15) is 66.4 Å². The van der Waals surface area contributed by atoms with Crippen molar-refractivity contribution in [2.75, 3.05) is 13.2 Å². The van der Waals surface area contributed by atoms with E-state index in [4.69, 9.17) is 25.5 Å². The summed E-state index contributed by atoms with van der Waals surface area (Å²) in [5.74, 6) is 0.916. The largest absolute Gasteiger partial charge is 0.490 e. The number of rotatable bonds is 10. The highest BCUT2D eigenvalue weighted by Crippen LogP contribution is 2.42. The van der Waals surface area contributed by atoms with Crippen molar-refractivity contribution < 1.29 is 18.7 Å². The number of carbonyl (C=O) groups excluding carboxylic acids is 1. The molecule has 0 saturated carbocycles. The van der Waals surface area contributed by atoms with Crippen LogP contribution in [0.5, 0.6) is 11.5 Å². The fraction of sp³-hybridized carbons (Fsp3) is 0.290. The van der Waals surface area contributed by atoms with Gasteiger partial charge in [0.15, 0.2) is 16.9 Å². The molecule has 1 aliphatic heterocycles. The maximum atomic E-state index is 13.8. The molecule has 0 fully saturated rings. The van der Waals surface area contributed by atoms with Crippen LogP contribution in [0.3, 0.4) is 0 Å². The summed E-state index contributed by atoms with van der Waals surface area (Å²) in [6.07, 6.45) is 3.14. The van der Waals surface area contributed by atoms with Gasteiger partial charge < -0.3 is 18.8 Å². The number of nitrogens with zero attached hydrogens (tertiary/aromatic N) is 1. The van der Waals surface area contributed by atoms with Crippen LogP contribution in [0.4, 0.5) is 0 Å². The van der Waals surface area contributed by atoms with Crippen molar-refractivity contribution in [1.29, 1.82) is 0 Å². The summed E-state index contributed by atoms with van der Waals surface area (Å²) < 4.78 is 18.0. The molecule has 1 aromatic heterocycles. The molecule has 1 atom stereocenters. The number of ether oxygens (including phenoxy) is 2. The second-order valence-electron chi connectivity index (χ2n) is 9.29. The van der Waals surface area contributed by atoms with Gasteiger partial charge in [-0.1, -0.05) is 67.8 Å². The van der Waals surface area contributed by atoms with Crippen LogP contribution in [0.2, 0.25) is 5.02 Å². The third-order valence-corrected chi connectivity index (χ3v) is 7.13. The van der Waals surface area contributed by atoms with Gasteiger partial charge in [-0.05, 0) is 54.8 Å². The first-order chi connectivity index (χ1) is 18.5. The first-order valence-electron chi connectivity index (χ1n) is 13.0. The number of halogens is 1. The third kappa shape index (κ3) is 4.88. The molecule has 6 nitrogen and oxygen atoms in total. The Bertz CT molecular complexity index is 1530. The van der Waals surface area contributed by atoms with E-state index in [9.17, 15) is 9.59 Å². The van der Waals surface area contributed by atoms with Crippen LogP contribution in [-0.2, 0) is 6.54 Å². The van der Waals surface area contributed by atoms with Crippen molar-refractivity contribution in [1.82, 2.24) is 4.90 Å². The predicted molar refractivity (Wildman–Crippen MR) is 148 cm³/mol. The Morgan fingerprint density at radius 1 is 0.921 bits per heavy atom. The van der Waals surface area contributed by atoms with Gasteiger partial charge in [0.1, 0.15) is 5.58 Å². The van der Waals surface area contributed by atoms with Crippen molar-refractivity contribution in [3.63, 3.8) is 0 Å². The molecule has 0 N–H and O–H groups in total. The summed E-state index contributed by atoms with van der Waals surface area (Å²) in [5, 5.41) is 0.981. The summed E-state index contributed by atoms with van der Waals surface area (Å²) >= 11 is 6.47. The first-order valence-corrected chi connectivity index (χ1v) is 13.4. The molecule has 0 aliphatic carbocycles. The zero-order valence-corrected chi connectivity index (χ0v) is 22.3. The quantitative estimate of drug-likeness (QED) is 0.203. The molecule has 5 rings (SSSR count). The van der Waals surface area contributed by atoms with Gasteiger partial charge in [0.2, 0.25) is 5.76 Å². The molecule has 3 aromatic carbocycles. The van der Waals surface area contributed by atoms with Crippen LogP contribution >= 0.6 is 11.6 Å².